The Morgan fingerprint density at radius 1 is 1.30 bits per heavy atom. The third-order valence-electron chi connectivity index (χ3n) is 3.13. The van der Waals surface area contributed by atoms with Crippen molar-refractivity contribution in [2.24, 2.45) is 0 Å². The number of anilines is 1. The lowest BCUT2D eigenvalue weighted by molar-refractivity contribution is 0.0963. The molecule has 0 aliphatic rings. The van der Waals surface area contributed by atoms with E-state index in [0.717, 1.165) is 11.3 Å². The lowest BCUT2D eigenvalue weighted by Crippen LogP contribution is -2.30. The number of rotatable bonds is 5. The van der Waals surface area contributed by atoms with Crippen molar-refractivity contribution in [3.05, 3.63) is 71.5 Å². The van der Waals surface area contributed by atoms with Gasteiger partial charge in [-0.05, 0) is 23.7 Å². The van der Waals surface area contributed by atoms with Crippen molar-refractivity contribution in [3.8, 4) is 11.3 Å². The van der Waals surface area contributed by atoms with Gasteiger partial charge in [0.25, 0.3) is 5.91 Å². The molecule has 0 saturated heterocycles. The molecule has 0 unspecified atom stereocenters. The summed E-state index contributed by atoms with van der Waals surface area (Å²) in [5, 5.41) is 2.68. The standard InChI is InChI=1S/C17H13ClN2O2S/c1-2-10-20(16(21)14-8-9-15(18)22-14)17-19-13(11-23-17)12-6-4-3-5-7-12/h2-9,11H,1,10H2. The molecule has 0 bridgehead atoms. The number of carbonyl (C=O) groups excluding carboxylic acids is 1. The second-order valence-corrected chi connectivity index (χ2v) is 5.90. The van der Waals surface area contributed by atoms with Gasteiger partial charge in [-0.2, -0.15) is 0 Å². The highest BCUT2D eigenvalue weighted by atomic mass is 35.5. The molecule has 2 heterocycles. The second-order valence-electron chi connectivity index (χ2n) is 4.69. The minimum Gasteiger partial charge on any atom is -0.440 e. The summed E-state index contributed by atoms with van der Waals surface area (Å²) in [6, 6.07) is 12.9. The Morgan fingerprint density at radius 3 is 2.74 bits per heavy atom. The molecule has 3 rings (SSSR count). The van der Waals surface area contributed by atoms with Gasteiger partial charge in [0.1, 0.15) is 0 Å². The number of nitrogens with zero attached hydrogens (tertiary/aromatic N) is 2. The van der Waals surface area contributed by atoms with E-state index in [1.807, 2.05) is 35.7 Å². The fourth-order valence-corrected chi connectivity index (χ4v) is 3.06. The third kappa shape index (κ3) is 3.36. The van der Waals surface area contributed by atoms with E-state index >= 15 is 0 Å². The number of benzene rings is 1. The molecule has 1 amide bonds. The van der Waals surface area contributed by atoms with Crippen LogP contribution in [0.1, 0.15) is 10.6 Å². The Kier molecular flexibility index (Phi) is 4.60. The molecule has 0 fully saturated rings. The molecule has 0 aliphatic heterocycles. The summed E-state index contributed by atoms with van der Waals surface area (Å²) < 4.78 is 5.20. The van der Waals surface area contributed by atoms with Crippen LogP contribution in [0.2, 0.25) is 5.22 Å². The van der Waals surface area contributed by atoms with Crippen LogP contribution >= 0.6 is 22.9 Å². The van der Waals surface area contributed by atoms with E-state index in [4.69, 9.17) is 16.0 Å². The van der Waals surface area contributed by atoms with Crippen LogP contribution in [0, 0.1) is 0 Å². The fraction of sp³-hybridized carbons (Fsp3) is 0.0588. The van der Waals surface area contributed by atoms with Gasteiger partial charge in [-0.15, -0.1) is 17.9 Å². The molecule has 0 saturated carbocycles. The minimum absolute atomic E-state index is 0.174. The molecule has 0 aliphatic carbocycles. The smallest absolute Gasteiger partial charge is 0.296 e. The lowest BCUT2D eigenvalue weighted by atomic mass is 10.2. The summed E-state index contributed by atoms with van der Waals surface area (Å²) >= 11 is 7.14. The third-order valence-corrected chi connectivity index (χ3v) is 4.20. The first-order valence-electron chi connectivity index (χ1n) is 6.88. The van der Waals surface area contributed by atoms with Crippen molar-refractivity contribution < 1.29 is 9.21 Å². The maximum Gasteiger partial charge on any atom is 0.296 e. The molecule has 6 heteroatoms. The highest BCUT2D eigenvalue weighted by Gasteiger charge is 2.22. The van der Waals surface area contributed by atoms with Crippen molar-refractivity contribution in [1.82, 2.24) is 4.98 Å². The predicted octanol–water partition coefficient (Wildman–Crippen LogP) is 4.89. The summed E-state index contributed by atoms with van der Waals surface area (Å²) in [6.07, 6.45) is 1.64. The van der Waals surface area contributed by atoms with E-state index in [1.54, 1.807) is 12.1 Å². The predicted molar refractivity (Wildman–Crippen MR) is 93.1 cm³/mol. The van der Waals surface area contributed by atoms with E-state index in [0.29, 0.717) is 11.7 Å². The fourth-order valence-electron chi connectivity index (χ4n) is 2.07. The highest BCUT2D eigenvalue weighted by Crippen LogP contribution is 2.28. The molecule has 3 aromatic rings. The number of aromatic nitrogens is 1. The normalized spacial score (nSPS) is 10.5. The molecule has 1 aromatic carbocycles. The van der Waals surface area contributed by atoms with E-state index in [1.165, 1.54) is 22.3 Å². The first-order valence-corrected chi connectivity index (χ1v) is 8.14. The van der Waals surface area contributed by atoms with Crippen molar-refractivity contribution in [2.45, 2.75) is 0 Å². The average molecular weight is 345 g/mol. The maximum absolute atomic E-state index is 12.6. The minimum atomic E-state index is -0.300. The highest BCUT2D eigenvalue weighted by molar-refractivity contribution is 7.14. The first-order chi connectivity index (χ1) is 11.2. The molecule has 0 atom stereocenters. The number of furan rings is 1. The number of carbonyl (C=O) groups is 1. The van der Waals surface area contributed by atoms with Crippen molar-refractivity contribution in [3.63, 3.8) is 0 Å². The zero-order valence-electron chi connectivity index (χ0n) is 12.1. The van der Waals surface area contributed by atoms with E-state index in [9.17, 15) is 4.79 Å². The Bertz CT molecular complexity index is 826. The second kappa shape index (κ2) is 6.81. The number of hydrogen-bond acceptors (Lipinski definition) is 4. The van der Waals surface area contributed by atoms with Gasteiger partial charge >= 0.3 is 0 Å². The molecular formula is C17H13ClN2O2S. The lowest BCUT2D eigenvalue weighted by Gasteiger charge is -2.16. The van der Waals surface area contributed by atoms with Crippen LogP contribution in [0.4, 0.5) is 5.13 Å². The van der Waals surface area contributed by atoms with Crippen LogP contribution in [0.3, 0.4) is 0 Å². The van der Waals surface area contributed by atoms with Crippen LogP contribution < -0.4 is 4.90 Å². The molecule has 0 radical (unpaired) electrons. The number of hydrogen-bond donors (Lipinski definition) is 0. The zero-order chi connectivity index (χ0) is 16.2. The topological polar surface area (TPSA) is 46.3 Å². The van der Waals surface area contributed by atoms with Gasteiger partial charge in [-0.25, -0.2) is 4.98 Å². The average Bonchev–Trinajstić information content (AvgIpc) is 3.22. The molecule has 4 nitrogen and oxygen atoms in total. The number of halogens is 1. The van der Waals surface area contributed by atoms with Gasteiger partial charge in [0.2, 0.25) is 0 Å². The molecule has 2 aromatic heterocycles. The monoisotopic (exact) mass is 344 g/mol. The van der Waals surface area contributed by atoms with Crippen LogP contribution in [0.15, 0.2) is 64.9 Å². The summed E-state index contributed by atoms with van der Waals surface area (Å²) in [5.74, 6) is -0.126. The van der Waals surface area contributed by atoms with Gasteiger partial charge in [0.15, 0.2) is 16.1 Å². The summed E-state index contributed by atoms with van der Waals surface area (Å²) in [4.78, 5) is 18.7. The summed E-state index contributed by atoms with van der Waals surface area (Å²) in [6.45, 7) is 4.03. The molecule has 116 valence electrons. The van der Waals surface area contributed by atoms with Gasteiger partial charge in [0.05, 0.1) is 5.69 Å². The van der Waals surface area contributed by atoms with Crippen molar-refractivity contribution in [2.75, 3.05) is 11.4 Å². The Labute approximate surface area is 142 Å². The quantitative estimate of drug-likeness (QED) is 0.619. The van der Waals surface area contributed by atoms with E-state index < -0.39 is 0 Å². The van der Waals surface area contributed by atoms with Crippen molar-refractivity contribution >= 4 is 34.0 Å². The van der Waals surface area contributed by atoms with Crippen molar-refractivity contribution in [1.29, 1.82) is 0 Å². The molecule has 23 heavy (non-hydrogen) atoms. The Morgan fingerprint density at radius 2 is 2.09 bits per heavy atom. The van der Waals surface area contributed by atoms with Crippen LogP contribution in [-0.4, -0.2) is 17.4 Å². The molecule has 0 spiro atoms. The number of amides is 1. The summed E-state index contributed by atoms with van der Waals surface area (Å²) in [5.41, 5.74) is 1.83. The van der Waals surface area contributed by atoms with Crippen LogP contribution in [0.5, 0.6) is 0 Å². The largest absolute Gasteiger partial charge is 0.440 e. The summed E-state index contributed by atoms with van der Waals surface area (Å²) in [7, 11) is 0. The number of thiazole rings is 1. The first kappa shape index (κ1) is 15.5. The van der Waals surface area contributed by atoms with E-state index in [-0.39, 0.29) is 16.9 Å². The van der Waals surface area contributed by atoms with Crippen LogP contribution in [-0.2, 0) is 0 Å². The zero-order valence-corrected chi connectivity index (χ0v) is 13.7. The Balaban J connectivity index is 1.91. The Hall–Kier alpha value is -2.37. The van der Waals surface area contributed by atoms with Gasteiger partial charge in [-0.1, -0.05) is 36.4 Å². The van der Waals surface area contributed by atoms with Gasteiger partial charge in [0, 0.05) is 17.5 Å². The van der Waals surface area contributed by atoms with E-state index in [2.05, 4.69) is 11.6 Å². The maximum atomic E-state index is 12.6. The SMILES string of the molecule is C=CCN(C(=O)c1ccc(Cl)o1)c1nc(-c2ccccc2)cs1. The van der Waals surface area contributed by atoms with Gasteiger partial charge < -0.3 is 4.42 Å². The van der Waals surface area contributed by atoms with Crippen LogP contribution in [0.25, 0.3) is 11.3 Å². The molecule has 0 N–H and O–H groups in total. The van der Waals surface area contributed by atoms with Gasteiger partial charge in [-0.3, -0.25) is 9.69 Å². The molecular weight excluding hydrogens is 332 g/mol.